The molecule has 1 heteroatoms. The molecule has 0 atom stereocenters. The lowest BCUT2D eigenvalue weighted by Crippen LogP contribution is -2.04. The van der Waals surface area contributed by atoms with Crippen molar-refractivity contribution in [3.8, 4) is 0 Å². The van der Waals surface area contributed by atoms with Crippen LogP contribution in [0.4, 0.5) is 0 Å². The second-order valence-electron chi connectivity index (χ2n) is 4.65. The van der Waals surface area contributed by atoms with Crippen molar-refractivity contribution in [1.82, 2.24) is 4.90 Å². The van der Waals surface area contributed by atoms with Gasteiger partial charge >= 0.3 is 0 Å². The predicted molar refractivity (Wildman–Crippen MR) is 78.3 cm³/mol. The molecule has 0 aromatic heterocycles. The van der Waals surface area contributed by atoms with E-state index in [2.05, 4.69) is 85.9 Å². The first-order chi connectivity index (χ1) is 8.75. The minimum Gasteiger partial charge on any atom is -0.383 e. The summed E-state index contributed by atoms with van der Waals surface area (Å²) < 4.78 is 0. The molecule has 0 spiro atoms. The van der Waals surface area contributed by atoms with Crippen molar-refractivity contribution in [2.24, 2.45) is 0 Å². The zero-order chi connectivity index (χ0) is 12.8. The van der Waals surface area contributed by atoms with Crippen molar-refractivity contribution in [2.75, 3.05) is 14.1 Å². The standard InChI is InChI=1S/C17H19N/c1-18(2)14-17(16-11-7-4-8-12-16)13-15-9-5-3-6-10-15/h3-12,14H,13H2,1-2H3. The Morgan fingerprint density at radius 1 is 0.889 bits per heavy atom. The summed E-state index contributed by atoms with van der Waals surface area (Å²) in [6, 6.07) is 21.1. The molecule has 0 heterocycles. The van der Waals surface area contributed by atoms with Crippen molar-refractivity contribution in [2.45, 2.75) is 6.42 Å². The average molecular weight is 237 g/mol. The number of rotatable bonds is 4. The Labute approximate surface area is 109 Å². The van der Waals surface area contributed by atoms with Crippen LogP contribution in [0, 0.1) is 0 Å². The summed E-state index contributed by atoms with van der Waals surface area (Å²) in [5.74, 6) is 0. The lowest BCUT2D eigenvalue weighted by molar-refractivity contribution is 0.564. The van der Waals surface area contributed by atoms with Crippen LogP contribution in [-0.2, 0) is 6.42 Å². The molecule has 0 unspecified atom stereocenters. The van der Waals surface area contributed by atoms with Gasteiger partial charge in [-0.3, -0.25) is 0 Å². The van der Waals surface area contributed by atoms with E-state index in [1.54, 1.807) is 0 Å². The van der Waals surface area contributed by atoms with Crippen LogP contribution in [0.5, 0.6) is 0 Å². The fraction of sp³-hybridized carbons (Fsp3) is 0.176. The topological polar surface area (TPSA) is 3.24 Å². The van der Waals surface area contributed by atoms with Gasteiger partial charge in [-0.05, 0) is 23.1 Å². The molecule has 1 nitrogen and oxygen atoms in total. The fourth-order valence-corrected chi connectivity index (χ4v) is 2.00. The van der Waals surface area contributed by atoms with E-state index < -0.39 is 0 Å². The Morgan fingerprint density at radius 2 is 1.44 bits per heavy atom. The molecule has 2 aromatic carbocycles. The van der Waals surface area contributed by atoms with Gasteiger partial charge in [0, 0.05) is 20.3 Å². The normalized spacial score (nSPS) is 11.3. The zero-order valence-electron chi connectivity index (χ0n) is 11.0. The first kappa shape index (κ1) is 12.4. The molecule has 0 bridgehead atoms. The van der Waals surface area contributed by atoms with E-state index in [1.165, 1.54) is 16.7 Å². The molecule has 18 heavy (non-hydrogen) atoms. The third-order valence-electron chi connectivity index (χ3n) is 2.80. The van der Waals surface area contributed by atoms with Crippen LogP contribution in [0.2, 0.25) is 0 Å². The maximum Gasteiger partial charge on any atom is 0.00557 e. The highest BCUT2D eigenvalue weighted by Gasteiger charge is 2.03. The lowest BCUT2D eigenvalue weighted by Gasteiger charge is -2.12. The van der Waals surface area contributed by atoms with Gasteiger partial charge in [0.1, 0.15) is 0 Å². The molecule has 0 radical (unpaired) electrons. The van der Waals surface area contributed by atoms with Gasteiger partial charge in [-0.25, -0.2) is 0 Å². The maximum atomic E-state index is 2.20. The molecule has 0 amide bonds. The van der Waals surface area contributed by atoms with E-state index in [-0.39, 0.29) is 0 Å². The molecule has 0 aliphatic rings. The molecule has 2 rings (SSSR count). The molecule has 0 aliphatic carbocycles. The van der Waals surface area contributed by atoms with Crippen molar-refractivity contribution in [3.05, 3.63) is 78.0 Å². The van der Waals surface area contributed by atoms with Crippen molar-refractivity contribution >= 4 is 5.57 Å². The van der Waals surface area contributed by atoms with Gasteiger partial charge in [0.15, 0.2) is 0 Å². The van der Waals surface area contributed by atoms with E-state index in [0.29, 0.717) is 0 Å². The van der Waals surface area contributed by atoms with Gasteiger partial charge < -0.3 is 4.90 Å². The Balaban J connectivity index is 2.28. The van der Waals surface area contributed by atoms with Crippen molar-refractivity contribution < 1.29 is 0 Å². The SMILES string of the molecule is CN(C)C=C(Cc1ccccc1)c1ccccc1. The highest BCUT2D eigenvalue weighted by atomic mass is 15.0. The maximum absolute atomic E-state index is 2.20. The van der Waals surface area contributed by atoms with Crippen LogP contribution in [0.15, 0.2) is 66.9 Å². The number of allylic oxidation sites excluding steroid dienone is 1. The summed E-state index contributed by atoms with van der Waals surface area (Å²) in [4.78, 5) is 2.10. The Bertz CT molecular complexity index is 498. The van der Waals surface area contributed by atoms with Gasteiger partial charge in [-0.15, -0.1) is 0 Å². The van der Waals surface area contributed by atoms with Gasteiger partial charge in [-0.1, -0.05) is 60.7 Å². The molecular weight excluding hydrogens is 218 g/mol. The minimum atomic E-state index is 0.961. The predicted octanol–water partition coefficient (Wildman–Crippen LogP) is 3.83. The number of nitrogens with zero attached hydrogens (tertiary/aromatic N) is 1. The van der Waals surface area contributed by atoms with Gasteiger partial charge in [0.05, 0.1) is 0 Å². The smallest absolute Gasteiger partial charge is 0.00557 e. The zero-order valence-corrected chi connectivity index (χ0v) is 11.0. The van der Waals surface area contributed by atoms with Gasteiger partial charge in [0.2, 0.25) is 0 Å². The Hall–Kier alpha value is -2.02. The monoisotopic (exact) mass is 237 g/mol. The van der Waals surface area contributed by atoms with Crippen LogP contribution in [0.3, 0.4) is 0 Å². The Morgan fingerprint density at radius 3 is 2.00 bits per heavy atom. The first-order valence-corrected chi connectivity index (χ1v) is 6.22. The van der Waals surface area contributed by atoms with Crippen molar-refractivity contribution in [3.63, 3.8) is 0 Å². The van der Waals surface area contributed by atoms with E-state index in [4.69, 9.17) is 0 Å². The minimum absolute atomic E-state index is 0.961. The summed E-state index contributed by atoms with van der Waals surface area (Å²) >= 11 is 0. The van der Waals surface area contributed by atoms with E-state index in [9.17, 15) is 0 Å². The fourth-order valence-electron chi connectivity index (χ4n) is 2.00. The van der Waals surface area contributed by atoms with E-state index in [0.717, 1.165) is 6.42 Å². The summed E-state index contributed by atoms with van der Waals surface area (Å²) in [5.41, 5.74) is 3.97. The van der Waals surface area contributed by atoms with Crippen LogP contribution in [-0.4, -0.2) is 19.0 Å². The first-order valence-electron chi connectivity index (χ1n) is 6.22. The summed E-state index contributed by atoms with van der Waals surface area (Å²) in [5, 5.41) is 0. The number of hydrogen-bond donors (Lipinski definition) is 0. The third-order valence-corrected chi connectivity index (χ3v) is 2.80. The molecule has 0 saturated carbocycles. The molecule has 2 aromatic rings. The number of benzene rings is 2. The second kappa shape index (κ2) is 6.06. The second-order valence-corrected chi connectivity index (χ2v) is 4.65. The molecule has 0 fully saturated rings. The quantitative estimate of drug-likeness (QED) is 0.781. The van der Waals surface area contributed by atoms with Crippen LogP contribution in [0.25, 0.3) is 5.57 Å². The number of hydrogen-bond acceptors (Lipinski definition) is 1. The Kier molecular flexibility index (Phi) is 4.19. The highest BCUT2D eigenvalue weighted by molar-refractivity contribution is 5.67. The largest absolute Gasteiger partial charge is 0.383 e. The summed E-state index contributed by atoms with van der Waals surface area (Å²) in [6.07, 6.45) is 3.16. The molecule has 0 saturated heterocycles. The molecule has 0 N–H and O–H groups in total. The lowest BCUT2D eigenvalue weighted by atomic mass is 9.99. The third kappa shape index (κ3) is 3.49. The van der Waals surface area contributed by atoms with E-state index >= 15 is 0 Å². The summed E-state index contributed by atoms with van der Waals surface area (Å²) in [7, 11) is 4.13. The van der Waals surface area contributed by atoms with Crippen LogP contribution in [0.1, 0.15) is 11.1 Å². The van der Waals surface area contributed by atoms with Gasteiger partial charge in [-0.2, -0.15) is 0 Å². The molecule has 92 valence electrons. The average Bonchev–Trinajstić information content (AvgIpc) is 2.40. The van der Waals surface area contributed by atoms with Crippen molar-refractivity contribution in [1.29, 1.82) is 0 Å². The van der Waals surface area contributed by atoms with Gasteiger partial charge in [0.25, 0.3) is 0 Å². The molecule has 0 aliphatic heterocycles. The molecular formula is C17H19N. The van der Waals surface area contributed by atoms with Crippen LogP contribution >= 0.6 is 0 Å². The summed E-state index contributed by atoms with van der Waals surface area (Å²) in [6.45, 7) is 0. The van der Waals surface area contributed by atoms with E-state index in [1.807, 2.05) is 0 Å². The highest BCUT2D eigenvalue weighted by Crippen LogP contribution is 2.19. The van der Waals surface area contributed by atoms with Crippen LogP contribution < -0.4 is 0 Å².